The number of carbonyl (C=O) groups excluding carboxylic acids is 1. The zero-order valence-corrected chi connectivity index (χ0v) is 12.4. The van der Waals surface area contributed by atoms with Crippen molar-refractivity contribution in [3.05, 3.63) is 0 Å². The van der Waals surface area contributed by atoms with E-state index in [1.165, 1.54) is 0 Å². The topological polar surface area (TPSA) is 60.9 Å². The molecule has 2 heterocycles. The summed E-state index contributed by atoms with van der Waals surface area (Å²) in [7, 11) is 0. The van der Waals surface area contributed by atoms with Crippen LogP contribution in [0.1, 0.15) is 26.7 Å². The molecule has 2 saturated heterocycles. The summed E-state index contributed by atoms with van der Waals surface area (Å²) in [6, 6.07) is -0.551. The van der Waals surface area contributed by atoms with E-state index < -0.39 is 12.0 Å². The van der Waals surface area contributed by atoms with Gasteiger partial charge in [-0.15, -0.1) is 0 Å². The Kier molecular flexibility index (Phi) is 4.60. The van der Waals surface area contributed by atoms with Crippen LogP contribution in [0.15, 0.2) is 0 Å². The van der Waals surface area contributed by atoms with Crippen LogP contribution in [0.2, 0.25) is 0 Å². The number of amides is 2. The highest BCUT2D eigenvalue weighted by molar-refractivity contribution is 7.99. The Labute approximate surface area is 118 Å². The van der Waals surface area contributed by atoms with E-state index >= 15 is 0 Å². The third-order valence-corrected chi connectivity index (χ3v) is 5.07. The van der Waals surface area contributed by atoms with E-state index in [-0.39, 0.29) is 12.1 Å². The van der Waals surface area contributed by atoms with E-state index in [4.69, 9.17) is 0 Å². The molecule has 19 heavy (non-hydrogen) atoms. The third kappa shape index (κ3) is 3.16. The Bertz CT molecular complexity index is 364. The maximum Gasteiger partial charge on any atom is 0.327 e. The molecule has 0 bridgehead atoms. The lowest BCUT2D eigenvalue weighted by Crippen LogP contribution is -2.57. The average molecular weight is 286 g/mol. The zero-order valence-electron chi connectivity index (χ0n) is 11.5. The monoisotopic (exact) mass is 286 g/mol. The molecule has 0 spiro atoms. The summed E-state index contributed by atoms with van der Waals surface area (Å²) in [6.07, 6.45) is 2.02. The fraction of sp³-hybridized carbons (Fsp3) is 0.846. The summed E-state index contributed by atoms with van der Waals surface area (Å²) in [4.78, 5) is 27.2. The number of nitrogens with zero attached hydrogens (tertiary/aromatic N) is 2. The summed E-state index contributed by atoms with van der Waals surface area (Å²) < 4.78 is 0. The predicted molar refractivity (Wildman–Crippen MR) is 75.4 cm³/mol. The van der Waals surface area contributed by atoms with E-state index in [1.807, 2.05) is 4.90 Å². The highest BCUT2D eigenvalue weighted by atomic mass is 32.2. The van der Waals surface area contributed by atoms with Crippen LogP contribution in [0.5, 0.6) is 0 Å². The number of rotatable bonds is 1. The number of likely N-dealkylation sites (tertiary alicyclic amines) is 1. The van der Waals surface area contributed by atoms with Crippen molar-refractivity contribution >= 4 is 23.8 Å². The number of hydrogen-bond donors (Lipinski definition) is 1. The van der Waals surface area contributed by atoms with Crippen LogP contribution < -0.4 is 0 Å². The fourth-order valence-corrected chi connectivity index (χ4v) is 3.93. The molecule has 3 unspecified atom stereocenters. The summed E-state index contributed by atoms with van der Waals surface area (Å²) in [5.74, 6) is 1.08. The molecule has 2 aliphatic heterocycles. The van der Waals surface area contributed by atoms with Gasteiger partial charge < -0.3 is 14.9 Å². The molecular formula is C13H22N2O3S. The summed E-state index contributed by atoms with van der Waals surface area (Å²) in [5.41, 5.74) is 0. The minimum absolute atomic E-state index is 0.0906. The van der Waals surface area contributed by atoms with Gasteiger partial charge in [-0.3, -0.25) is 0 Å². The lowest BCUT2D eigenvalue weighted by Gasteiger charge is -2.42. The van der Waals surface area contributed by atoms with E-state index in [0.29, 0.717) is 18.2 Å². The molecule has 2 amide bonds. The fourth-order valence-electron chi connectivity index (χ4n) is 2.89. The predicted octanol–water partition coefficient (Wildman–Crippen LogP) is 1.73. The van der Waals surface area contributed by atoms with Crippen LogP contribution in [0, 0.1) is 5.92 Å². The molecular weight excluding hydrogens is 264 g/mol. The van der Waals surface area contributed by atoms with Crippen molar-refractivity contribution in [3.63, 3.8) is 0 Å². The highest BCUT2D eigenvalue weighted by Gasteiger charge is 2.37. The molecule has 2 fully saturated rings. The standard InChI is InChI=1S/C13H22N2O3S/c1-9-3-4-14(10(2)7-9)13(18)15-5-6-19-8-11(15)12(16)17/h9-11H,3-8H2,1-2H3,(H,16,17). The van der Waals surface area contributed by atoms with Crippen LogP contribution >= 0.6 is 11.8 Å². The highest BCUT2D eigenvalue weighted by Crippen LogP contribution is 2.25. The Morgan fingerprint density at radius 1 is 1.21 bits per heavy atom. The second-order valence-corrected chi connectivity index (χ2v) is 6.73. The molecule has 0 aromatic carbocycles. The zero-order chi connectivity index (χ0) is 14.0. The Morgan fingerprint density at radius 3 is 2.58 bits per heavy atom. The number of thioether (sulfide) groups is 1. The number of piperidine rings is 1. The van der Waals surface area contributed by atoms with Gasteiger partial charge in [-0.2, -0.15) is 11.8 Å². The van der Waals surface area contributed by atoms with Crippen LogP contribution in [0.4, 0.5) is 4.79 Å². The number of aliphatic carboxylic acids is 1. The molecule has 2 rings (SSSR count). The van der Waals surface area contributed by atoms with Gasteiger partial charge >= 0.3 is 12.0 Å². The lowest BCUT2D eigenvalue weighted by atomic mass is 9.93. The number of carboxylic acids is 1. The number of urea groups is 1. The van der Waals surface area contributed by atoms with Crippen LogP contribution in [-0.4, -0.2) is 63.6 Å². The quantitative estimate of drug-likeness (QED) is 0.797. The van der Waals surface area contributed by atoms with Gasteiger partial charge in [0.05, 0.1) is 0 Å². The lowest BCUT2D eigenvalue weighted by molar-refractivity contribution is -0.141. The van der Waals surface area contributed by atoms with E-state index in [2.05, 4.69) is 13.8 Å². The molecule has 0 aromatic rings. The second kappa shape index (κ2) is 6.03. The van der Waals surface area contributed by atoms with Gasteiger partial charge in [0.15, 0.2) is 0 Å². The van der Waals surface area contributed by atoms with Gasteiger partial charge in [0.25, 0.3) is 0 Å². The SMILES string of the molecule is CC1CCN(C(=O)N2CCSCC2C(=O)O)C(C)C1. The van der Waals surface area contributed by atoms with Crippen molar-refractivity contribution in [1.29, 1.82) is 0 Å². The molecule has 108 valence electrons. The third-order valence-electron chi connectivity index (χ3n) is 4.04. The van der Waals surface area contributed by atoms with Gasteiger partial charge in [-0.1, -0.05) is 6.92 Å². The molecule has 6 heteroatoms. The Balaban J connectivity index is 2.06. The average Bonchev–Trinajstić information content (AvgIpc) is 2.38. The van der Waals surface area contributed by atoms with Crippen molar-refractivity contribution in [2.75, 3.05) is 24.6 Å². The first kappa shape index (κ1) is 14.5. The molecule has 0 saturated carbocycles. The number of hydrogen-bond acceptors (Lipinski definition) is 3. The second-order valence-electron chi connectivity index (χ2n) is 5.58. The van der Waals surface area contributed by atoms with Gasteiger partial charge in [0.2, 0.25) is 0 Å². The molecule has 0 radical (unpaired) electrons. The van der Waals surface area contributed by atoms with Crippen molar-refractivity contribution in [3.8, 4) is 0 Å². The van der Waals surface area contributed by atoms with E-state index in [0.717, 1.165) is 25.1 Å². The van der Waals surface area contributed by atoms with Gasteiger partial charge in [-0.05, 0) is 25.7 Å². The van der Waals surface area contributed by atoms with E-state index in [1.54, 1.807) is 16.7 Å². The van der Waals surface area contributed by atoms with Crippen molar-refractivity contribution in [2.24, 2.45) is 5.92 Å². The normalized spacial score (nSPS) is 32.2. The van der Waals surface area contributed by atoms with E-state index in [9.17, 15) is 14.7 Å². The van der Waals surface area contributed by atoms with Gasteiger partial charge in [0.1, 0.15) is 6.04 Å². The largest absolute Gasteiger partial charge is 0.480 e. The first-order valence-electron chi connectivity index (χ1n) is 6.88. The molecule has 5 nitrogen and oxygen atoms in total. The minimum Gasteiger partial charge on any atom is -0.480 e. The van der Waals surface area contributed by atoms with Crippen LogP contribution in [0.3, 0.4) is 0 Å². The maximum absolute atomic E-state index is 12.6. The number of carboxylic acid groups (broad SMARTS) is 1. The molecule has 0 aliphatic carbocycles. The minimum atomic E-state index is -0.890. The van der Waals surface area contributed by atoms with Crippen molar-refractivity contribution in [2.45, 2.75) is 38.8 Å². The van der Waals surface area contributed by atoms with Crippen molar-refractivity contribution < 1.29 is 14.7 Å². The Hall–Kier alpha value is -0.910. The first-order chi connectivity index (χ1) is 9.00. The van der Waals surface area contributed by atoms with Gasteiger partial charge in [0, 0.05) is 30.6 Å². The van der Waals surface area contributed by atoms with Crippen LogP contribution in [0.25, 0.3) is 0 Å². The summed E-state index contributed by atoms with van der Waals surface area (Å²) >= 11 is 1.61. The maximum atomic E-state index is 12.6. The van der Waals surface area contributed by atoms with Crippen LogP contribution in [-0.2, 0) is 4.79 Å². The summed E-state index contributed by atoms with van der Waals surface area (Å²) in [5, 5.41) is 9.24. The number of carbonyl (C=O) groups is 2. The summed E-state index contributed by atoms with van der Waals surface area (Å²) in [6.45, 7) is 5.55. The smallest absolute Gasteiger partial charge is 0.327 e. The first-order valence-corrected chi connectivity index (χ1v) is 8.04. The molecule has 3 atom stereocenters. The molecule has 0 aromatic heterocycles. The molecule has 2 aliphatic rings. The Morgan fingerprint density at radius 2 is 1.95 bits per heavy atom. The van der Waals surface area contributed by atoms with Crippen molar-refractivity contribution in [1.82, 2.24) is 9.80 Å². The van der Waals surface area contributed by atoms with Gasteiger partial charge in [-0.25, -0.2) is 9.59 Å². The molecule has 1 N–H and O–H groups in total.